The quantitative estimate of drug-likeness (QED) is 0.635. The first kappa shape index (κ1) is 19.7. The second kappa shape index (κ2) is 7.52. The third-order valence-corrected chi connectivity index (χ3v) is 6.58. The van der Waals surface area contributed by atoms with Crippen LogP contribution in [0.25, 0.3) is 11.2 Å². The maximum Gasteiger partial charge on any atom is 0.166 e. The second-order valence-electron chi connectivity index (χ2n) is 7.40. The average molecular weight is 398 g/mol. The zero-order valence-corrected chi connectivity index (χ0v) is 17.1. The lowest BCUT2D eigenvalue weighted by Gasteiger charge is -2.20. The number of ether oxygens (including phenoxy) is 1. The Morgan fingerprint density at radius 1 is 1.38 bits per heavy atom. The van der Waals surface area contributed by atoms with Gasteiger partial charge in [0.25, 0.3) is 0 Å². The van der Waals surface area contributed by atoms with Crippen LogP contribution in [0.3, 0.4) is 0 Å². The summed E-state index contributed by atoms with van der Waals surface area (Å²) >= 11 is 1.61. The van der Waals surface area contributed by atoms with E-state index in [0.29, 0.717) is 29.0 Å². The molecule has 0 amide bonds. The minimum Gasteiger partial charge on any atom is -0.397 e. The number of thioether (sulfide) groups is 1. The van der Waals surface area contributed by atoms with Crippen molar-refractivity contribution in [2.24, 2.45) is 0 Å². The van der Waals surface area contributed by atoms with Crippen molar-refractivity contribution in [2.45, 2.75) is 36.7 Å². The van der Waals surface area contributed by atoms with Crippen molar-refractivity contribution >= 4 is 41.8 Å². The molecule has 1 saturated heterocycles. The number of aliphatic hydroxyl groups excluding tert-OH is 2. The Labute approximate surface area is 157 Å². The standard InChI is InChI=1S/C17H27N4O3PS/c1-25(2,3)8-6-11-14(22)15(23)17(24-11)21-12(9-26-4)20-13-10(18)5-7-19-16(13)21/h5,7,11,14-15,17,22-23H,1,6,8-9H2,2-4H3,(H2,18,19)/t11-,14-,15-,17-/m1/s1. The van der Waals surface area contributed by atoms with Crippen LogP contribution in [0.2, 0.25) is 0 Å². The third-order valence-electron chi connectivity index (χ3n) is 4.57. The van der Waals surface area contributed by atoms with Gasteiger partial charge in [-0.3, -0.25) is 4.57 Å². The smallest absolute Gasteiger partial charge is 0.166 e. The van der Waals surface area contributed by atoms with Gasteiger partial charge in [0, 0.05) is 6.20 Å². The first-order valence-corrected chi connectivity index (χ1v) is 13.0. The van der Waals surface area contributed by atoms with Gasteiger partial charge in [-0.05, 0) is 38.2 Å². The lowest BCUT2D eigenvalue weighted by atomic mass is 10.1. The first-order chi connectivity index (χ1) is 12.2. The SMILES string of the molecule is C=P(C)(C)CC[C@H]1O[C@@H](n2c(CSC)nc3c(N)ccnc32)[C@H](O)[C@@H]1O. The Balaban J connectivity index is 1.96. The summed E-state index contributed by atoms with van der Waals surface area (Å²) < 4.78 is 7.86. The molecule has 1 fully saturated rings. The molecule has 1 aliphatic rings. The van der Waals surface area contributed by atoms with Gasteiger partial charge in [0.1, 0.15) is 23.5 Å². The Morgan fingerprint density at radius 3 is 2.77 bits per heavy atom. The Bertz CT molecular complexity index is 837. The molecule has 9 heteroatoms. The molecule has 1 aliphatic heterocycles. The fourth-order valence-electron chi connectivity index (χ4n) is 3.21. The first-order valence-electron chi connectivity index (χ1n) is 8.52. The van der Waals surface area contributed by atoms with E-state index in [1.54, 1.807) is 28.6 Å². The van der Waals surface area contributed by atoms with Crippen LogP contribution in [0.4, 0.5) is 5.69 Å². The van der Waals surface area contributed by atoms with Crippen molar-refractivity contribution in [3.05, 3.63) is 18.1 Å². The number of hydrogen-bond acceptors (Lipinski definition) is 7. The van der Waals surface area contributed by atoms with Crippen molar-refractivity contribution in [2.75, 3.05) is 31.5 Å². The summed E-state index contributed by atoms with van der Waals surface area (Å²) in [6, 6.07) is 1.70. The Morgan fingerprint density at radius 2 is 2.12 bits per heavy atom. The predicted molar refractivity (Wildman–Crippen MR) is 110 cm³/mol. The molecule has 0 aromatic carbocycles. The summed E-state index contributed by atoms with van der Waals surface area (Å²) in [6.45, 7) is 3.06. The van der Waals surface area contributed by atoms with Crippen LogP contribution in [-0.2, 0) is 10.5 Å². The highest BCUT2D eigenvalue weighted by Gasteiger charge is 2.44. The van der Waals surface area contributed by atoms with Crippen LogP contribution < -0.4 is 5.73 Å². The van der Waals surface area contributed by atoms with Crippen LogP contribution >= 0.6 is 18.6 Å². The number of nitrogens with two attached hydrogens (primary N) is 1. The third kappa shape index (κ3) is 3.80. The number of aliphatic hydroxyl groups is 2. The molecule has 0 spiro atoms. The van der Waals surface area contributed by atoms with E-state index in [1.165, 1.54) is 0 Å². The number of hydrogen-bond donors (Lipinski definition) is 3. The average Bonchev–Trinajstić information content (AvgIpc) is 3.05. The summed E-state index contributed by atoms with van der Waals surface area (Å²) in [7, 11) is 0. The summed E-state index contributed by atoms with van der Waals surface area (Å²) in [6.07, 6.45) is 6.18. The molecule has 4 atom stereocenters. The molecule has 144 valence electrons. The molecule has 0 aliphatic carbocycles. The van der Waals surface area contributed by atoms with Gasteiger partial charge in [0.2, 0.25) is 0 Å². The van der Waals surface area contributed by atoms with E-state index >= 15 is 0 Å². The molecule has 3 heterocycles. The minimum absolute atomic E-state index is 0.434. The fourth-order valence-corrected chi connectivity index (χ4v) is 4.62. The molecule has 3 rings (SSSR count). The molecule has 2 aromatic rings. The van der Waals surface area contributed by atoms with Crippen molar-refractivity contribution < 1.29 is 14.9 Å². The number of nitrogens with zero attached hydrogens (tertiary/aromatic N) is 3. The van der Waals surface area contributed by atoms with E-state index in [-0.39, 0.29) is 0 Å². The minimum atomic E-state index is -1.23. The van der Waals surface area contributed by atoms with Gasteiger partial charge >= 0.3 is 0 Å². The van der Waals surface area contributed by atoms with E-state index < -0.39 is 31.4 Å². The lowest BCUT2D eigenvalue weighted by Crippen LogP contribution is -2.32. The highest BCUT2D eigenvalue weighted by atomic mass is 32.2. The van der Waals surface area contributed by atoms with E-state index in [9.17, 15) is 10.2 Å². The van der Waals surface area contributed by atoms with Gasteiger partial charge in [-0.15, -0.1) is 13.2 Å². The molecule has 7 nitrogen and oxygen atoms in total. The number of anilines is 1. The topological polar surface area (TPSA) is 106 Å². The van der Waals surface area contributed by atoms with E-state index in [0.717, 1.165) is 12.0 Å². The van der Waals surface area contributed by atoms with E-state index in [4.69, 9.17) is 10.5 Å². The molecule has 2 aromatic heterocycles. The van der Waals surface area contributed by atoms with Gasteiger partial charge in [-0.2, -0.15) is 11.8 Å². The molecule has 26 heavy (non-hydrogen) atoms. The van der Waals surface area contributed by atoms with Gasteiger partial charge in [-0.25, -0.2) is 9.97 Å². The zero-order valence-electron chi connectivity index (χ0n) is 15.4. The summed E-state index contributed by atoms with van der Waals surface area (Å²) in [4.78, 5) is 8.99. The lowest BCUT2D eigenvalue weighted by molar-refractivity contribution is -0.0364. The van der Waals surface area contributed by atoms with Crippen molar-refractivity contribution in [1.82, 2.24) is 14.5 Å². The molecule has 4 N–H and O–H groups in total. The van der Waals surface area contributed by atoms with Crippen molar-refractivity contribution in [1.29, 1.82) is 0 Å². The monoisotopic (exact) mass is 398 g/mol. The molecule has 0 radical (unpaired) electrons. The molecular weight excluding hydrogens is 371 g/mol. The number of fused-ring (bicyclic) bond motifs is 1. The largest absolute Gasteiger partial charge is 0.397 e. The number of imidazole rings is 1. The van der Waals surface area contributed by atoms with Crippen LogP contribution in [-0.4, -0.2) is 75.1 Å². The Hall–Kier alpha value is -1.05. The predicted octanol–water partition coefficient (Wildman–Crippen LogP) is 1.59. The van der Waals surface area contributed by atoms with Crippen LogP contribution in [0, 0.1) is 0 Å². The van der Waals surface area contributed by atoms with Gasteiger partial charge in [0.15, 0.2) is 11.9 Å². The normalized spacial score (nSPS) is 26.7. The van der Waals surface area contributed by atoms with Crippen molar-refractivity contribution in [3.63, 3.8) is 0 Å². The summed E-state index contributed by atoms with van der Waals surface area (Å²) in [5, 5.41) is 21.2. The summed E-state index contributed by atoms with van der Waals surface area (Å²) in [5.74, 6) is 1.35. The van der Waals surface area contributed by atoms with Gasteiger partial charge in [-0.1, -0.05) is 0 Å². The number of pyridine rings is 1. The number of aromatic nitrogens is 3. The molecule has 0 bridgehead atoms. The highest BCUT2D eigenvalue weighted by molar-refractivity contribution is 7.97. The molecule has 0 saturated carbocycles. The van der Waals surface area contributed by atoms with Gasteiger partial charge in [0.05, 0.1) is 17.5 Å². The molecular formula is C17H27N4O3PS. The number of rotatable bonds is 6. The summed E-state index contributed by atoms with van der Waals surface area (Å²) in [5.41, 5.74) is 7.73. The molecule has 0 unspecified atom stereocenters. The maximum absolute atomic E-state index is 10.7. The van der Waals surface area contributed by atoms with Crippen LogP contribution in [0.15, 0.2) is 12.3 Å². The second-order valence-corrected chi connectivity index (χ2v) is 12.6. The Kier molecular flexibility index (Phi) is 5.70. The van der Waals surface area contributed by atoms with E-state index in [2.05, 4.69) is 29.6 Å². The fraction of sp³-hybridized carbons (Fsp3) is 0.588. The van der Waals surface area contributed by atoms with Crippen LogP contribution in [0.1, 0.15) is 18.5 Å². The van der Waals surface area contributed by atoms with Gasteiger partial charge < -0.3 is 20.7 Å². The maximum atomic E-state index is 10.7. The highest BCUT2D eigenvalue weighted by Crippen LogP contribution is 2.40. The number of nitrogen functional groups attached to an aromatic ring is 1. The van der Waals surface area contributed by atoms with E-state index in [1.807, 2.05) is 6.26 Å². The van der Waals surface area contributed by atoms with Crippen LogP contribution in [0.5, 0.6) is 0 Å². The van der Waals surface area contributed by atoms with Crippen molar-refractivity contribution in [3.8, 4) is 0 Å². The zero-order chi connectivity index (χ0) is 19.1.